The summed E-state index contributed by atoms with van der Waals surface area (Å²) >= 11 is 5.94. The number of nitrogens with zero attached hydrogens (tertiary/aromatic N) is 4. The highest BCUT2D eigenvalue weighted by Gasteiger charge is 2.23. The van der Waals surface area contributed by atoms with Gasteiger partial charge in [-0.25, -0.2) is 4.98 Å². The number of halogens is 1. The highest BCUT2D eigenvalue weighted by atomic mass is 35.5. The summed E-state index contributed by atoms with van der Waals surface area (Å²) < 4.78 is 1.70. The Balaban J connectivity index is 1.92. The number of hydrogen-bond donors (Lipinski definition) is 0. The summed E-state index contributed by atoms with van der Waals surface area (Å²) in [7, 11) is 4.22. The van der Waals surface area contributed by atoms with Gasteiger partial charge in [0.05, 0.1) is 17.2 Å². The molecular weight excluding hydrogens is 288 g/mol. The van der Waals surface area contributed by atoms with Crippen LogP contribution in [-0.2, 0) is 6.54 Å². The average Bonchev–Trinajstić information content (AvgIpc) is 2.45. The van der Waals surface area contributed by atoms with Gasteiger partial charge in [0.15, 0.2) is 0 Å². The molecule has 1 aliphatic heterocycles. The molecule has 0 aliphatic carbocycles. The van der Waals surface area contributed by atoms with Gasteiger partial charge in [0.25, 0.3) is 5.56 Å². The van der Waals surface area contributed by atoms with Crippen LogP contribution in [0.1, 0.15) is 0 Å². The predicted octanol–water partition coefficient (Wildman–Crippen LogP) is 1.30. The van der Waals surface area contributed by atoms with Crippen molar-refractivity contribution < 1.29 is 0 Å². The highest BCUT2D eigenvalue weighted by Crippen LogP contribution is 2.14. The van der Waals surface area contributed by atoms with Crippen LogP contribution in [0.15, 0.2) is 29.3 Å². The number of rotatable bonds is 2. The van der Waals surface area contributed by atoms with Crippen molar-refractivity contribution in [3.63, 3.8) is 0 Å². The summed E-state index contributed by atoms with van der Waals surface area (Å²) in [4.78, 5) is 21.5. The van der Waals surface area contributed by atoms with Crippen LogP contribution in [0.3, 0.4) is 0 Å². The maximum atomic E-state index is 12.5. The molecule has 2 heterocycles. The summed E-state index contributed by atoms with van der Waals surface area (Å²) in [5, 5.41) is 1.22. The van der Waals surface area contributed by atoms with Crippen LogP contribution in [0.5, 0.6) is 0 Å². The zero-order chi connectivity index (χ0) is 15.0. The van der Waals surface area contributed by atoms with E-state index >= 15 is 0 Å². The lowest BCUT2D eigenvalue weighted by atomic mass is 10.2. The monoisotopic (exact) mass is 306 g/mol. The van der Waals surface area contributed by atoms with Crippen molar-refractivity contribution >= 4 is 22.5 Å². The van der Waals surface area contributed by atoms with Crippen molar-refractivity contribution in [1.29, 1.82) is 0 Å². The number of piperazine rings is 1. The molecule has 21 heavy (non-hydrogen) atoms. The molecule has 1 aromatic heterocycles. The first-order chi connectivity index (χ1) is 10.0. The Labute approximate surface area is 128 Å². The predicted molar refractivity (Wildman–Crippen MR) is 84.9 cm³/mol. The van der Waals surface area contributed by atoms with Gasteiger partial charge < -0.3 is 4.90 Å². The molecular formula is C15H19ClN4O. The van der Waals surface area contributed by atoms with Crippen molar-refractivity contribution in [2.45, 2.75) is 12.6 Å². The molecule has 1 fully saturated rings. The molecule has 1 atom stereocenters. The zero-order valence-corrected chi connectivity index (χ0v) is 13.0. The largest absolute Gasteiger partial charge is 0.303 e. The second-order valence-corrected chi connectivity index (χ2v) is 6.20. The van der Waals surface area contributed by atoms with E-state index in [0.717, 1.165) is 19.6 Å². The molecule has 0 saturated carbocycles. The smallest absolute Gasteiger partial charge is 0.261 e. The third-order valence-electron chi connectivity index (χ3n) is 4.17. The number of hydrogen-bond acceptors (Lipinski definition) is 4. The van der Waals surface area contributed by atoms with Gasteiger partial charge in [-0.1, -0.05) is 11.6 Å². The Bertz CT molecular complexity index is 714. The molecule has 0 unspecified atom stereocenters. The van der Waals surface area contributed by atoms with Gasteiger partial charge in [0, 0.05) is 37.2 Å². The van der Waals surface area contributed by atoms with Crippen molar-refractivity contribution in [1.82, 2.24) is 19.4 Å². The van der Waals surface area contributed by atoms with Gasteiger partial charge in [-0.05, 0) is 32.3 Å². The Morgan fingerprint density at radius 1 is 1.33 bits per heavy atom. The molecule has 2 aromatic rings. The van der Waals surface area contributed by atoms with Crippen LogP contribution in [0.2, 0.25) is 5.02 Å². The van der Waals surface area contributed by atoms with Gasteiger partial charge in [-0.3, -0.25) is 14.3 Å². The summed E-state index contributed by atoms with van der Waals surface area (Å²) in [5.41, 5.74) is 0.649. The Morgan fingerprint density at radius 3 is 2.95 bits per heavy atom. The molecule has 0 radical (unpaired) electrons. The second kappa shape index (κ2) is 5.75. The van der Waals surface area contributed by atoms with E-state index in [1.807, 2.05) is 0 Å². The Hall–Kier alpha value is -1.43. The molecule has 0 spiro atoms. The maximum absolute atomic E-state index is 12.5. The van der Waals surface area contributed by atoms with E-state index in [-0.39, 0.29) is 5.56 Å². The SMILES string of the molecule is CN1CCN(C)[C@H](Cn2cnc3cc(Cl)ccc3c2=O)C1. The standard InChI is InChI=1S/C15H19ClN4O/c1-18-5-6-19(2)12(8-18)9-20-10-17-14-7-11(16)3-4-13(14)15(20)21/h3-4,7,10,12H,5-6,8-9H2,1-2H3/t12-/m0/s1. The van der Waals surface area contributed by atoms with E-state index in [4.69, 9.17) is 11.6 Å². The van der Waals surface area contributed by atoms with Crippen LogP contribution in [-0.4, -0.2) is 59.1 Å². The van der Waals surface area contributed by atoms with Crippen LogP contribution < -0.4 is 5.56 Å². The van der Waals surface area contributed by atoms with E-state index < -0.39 is 0 Å². The summed E-state index contributed by atoms with van der Waals surface area (Å²) in [6, 6.07) is 5.54. The molecule has 3 rings (SSSR count). The quantitative estimate of drug-likeness (QED) is 0.838. The fourth-order valence-corrected chi connectivity index (χ4v) is 2.95. The minimum atomic E-state index is -0.00158. The van der Waals surface area contributed by atoms with E-state index in [0.29, 0.717) is 28.5 Å². The zero-order valence-electron chi connectivity index (χ0n) is 12.3. The van der Waals surface area contributed by atoms with Crippen molar-refractivity contribution in [3.05, 3.63) is 39.9 Å². The summed E-state index contributed by atoms with van der Waals surface area (Å²) in [5.74, 6) is 0. The molecule has 112 valence electrons. The summed E-state index contributed by atoms with van der Waals surface area (Å²) in [6.07, 6.45) is 1.63. The van der Waals surface area contributed by atoms with E-state index in [2.05, 4.69) is 28.9 Å². The van der Waals surface area contributed by atoms with E-state index in [1.54, 1.807) is 29.1 Å². The second-order valence-electron chi connectivity index (χ2n) is 5.76. The number of aromatic nitrogens is 2. The topological polar surface area (TPSA) is 41.4 Å². The van der Waals surface area contributed by atoms with Crippen LogP contribution in [0.4, 0.5) is 0 Å². The fraction of sp³-hybridized carbons (Fsp3) is 0.467. The molecule has 1 saturated heterocycles. The number of fused-ring (bicyclic) bond motifs is 1. The Kier molecular flexibility index (Phi) is 3.97. The summed E-state index contributed by atoms with van der Waals surface area (Å²) in [6.45, 7) is 3.70. The van der Waals surface area contributed by atoms with Crippen LogP contribution >= 0.6 is 11.6 Å². The maximum Gasteiger partial charge on any atom is 0.261 e. The van der Waals surface area contributed by atoms with Gasteiger partial charge in [-0.2, -0.15) is 0 Å². The van der Waals surface area contributed by atoms with Gasteiger partial charge in [0.2, 0.25) is 0 Å². The number of benzene rings is 1. The van der Waals surface area contributed by atoms with Crippen molar-refractivity contribution in [2.24, 2.45) is 0 Å². The lowest BCUT2D eigenvalue weighted by molar-refractivity contribution is 0.102. The molecule has 6 heteroatoms. The molecule has 5 nitrogen and oxygen atoms in total. The highest BCUT2D eigenvalue weighted by molar-refractivity contribution is 6.31. The van der Waals surface area contributed by atoms with E-state index in [1.165, 1.54) is 0 Å². The van der Waals surface area contributed by atoms with Gasteiger partial charge in [-0.15, -0.1) is 0 Å². The number of likely N-dealkylation sites (N-methyl/N-ethyl adjacent to an activating group) is 2. The third kappa shape index (κ3) is 2.95. The van der Waals surface area contributed by atoms with Gasteiger partial charge >= 0.3 is 0 Å². The molecule has 1 aromatic carbocycles. The van der Waals surface area contributed by atoms with Crippen molar-refractivity contribution in [3.8, 4) is 0 Å². The van der Waals surface area contributed by atoms with Crippen LogP contribution in [0.25, 0.3) is 10.9 Å². The minimum absolute atomic E-state index is 0.00158. The first kappa shape index (κ1) is 14.5. The molecule has 1 aliphatic rings. The molecule has 0 N–H and O–H groups in total. The van der Waals surface area contributed by atoms with Crippen molar-refractivity contribution in [2.75, 3.05) is 33.7 Å². The lowest BCUT2D eigenvalue weighted by Crippen LogP contribution is -2.52. The minimum Gasteiger partial charge on any atom is -0.303 e. The van der Waals surface area contributed by atoms with Gasteiger partial charge in [0.1, 0.15) is 0 Å². The third-order valence-corrected chi connectivity index (χ3v) is 4.41. The molecule has 0 amide bonds. The first-order valence-corrected chi connectivity index (χ1v) is 7.46. The van der Waals surface area contributed by atoms with Crippen LogP contribution in [0, 0.1) is 0 Å². The lowest BCUT2D eigenvalue weighted by Gasteiger charge is -2.37. The average molecular weight is 307 g/mol. The normalized spacial score (nSPS) is 21.0. The van der Waals surface area contributed by atoms with E-state index in [9.17, 15) is 4.79 Å². The molecule has 0 bridgehead atoms. The Morgan fingerprint density at radius 2 is 2.14 bits per heavy atom. The first-order valence-electron chi connectivity index (χ1n) is 7.08. The fourth-order valence-electron chi connectivity index (χ4n) is 2.79.